The first-order valence-electron chi connectivity index (χ1n) is 5.02. The SMILES string of the molecule is COC(=O)CC[C@@H]1CC[C@@H](C)NC1. The van der Waals surface area contributed by atoms with Crippen molar-refractivity contribution in [3.8, 4) is 0 Å². The fourth-order valence-electron chi connectivity index (χ4n) is 1.73. The molecule has 1 rings (SSSR count). The average molecular weight is 185 g/mol. The standard InChI is InChI=1S/C10H19NO2/c1-8-3-4-9(7-11-8)5-6-10(12)13-2/h8-9,11H,3-7H2,1-2H3/t8-,9+/m1/s1. The summed E-state index contributed by atoms with van der Waals surface area (Å²) in [6, 6.07) is 0.648. The van der Waals surface area contributed by atoms with Crippen molar-refractivity contribution in [2.24, 2.45) is 5.92 Å². The van der Waals surface area contributed by atoms with E-state index in [4.69, 9.17) is 0 Å². The molecule has 0 aromatic heterocycles. The lowest BCUT2D eigenvalue weighted by atomic mass is 9.92. The third-order valence-corrected chi connectivity index (χ3v) is 2.75. The first kappa shape index (κ1) is 10.5. The summed E-state index contributed by atoms with van der Waals surface area (Å²) < 4.78 is 4.60. The molecule has 13 heavy (non-hydrogen) atoms. The molecule has 1 saturated heterocycles. The highest BCUT2D eigenvalue weighted by molar-refractivity contribution is 5.69. The van der Waals surface area contributed by atoms with Crippen LogP contribution >= 0.6 is 0 Å². The largest absolute Gasteiger partial charge is 0.469 e. The maximum Gasteiger partial charge on any atom is 0.305 e. The van der Waals surface area contributed by atoms with Crippen molar-refractivity contribution >= 4 is 5.97 Å². The molecule has 2 atom stereocenters. The molecule has 1 aliphatic rings. The minimum atomic E-state index is -0.0846. The van der Waals surface area contributed by atoms with Gasteiger partial charge in [-0.2, -0.15) is 0 Å². The summed E-state index contributed by atoms with van der Waals surface area (Å²) in [5, 5.41) is 3.42. The van der Waals surface area contributed by atoms with Crippen LogP contribution < -0.4 is 5.32 Å². The molecular formula is C10H19NO2. The van der Waals surface area contributed by atoms with Gasteiger partial charge in [-0.15, -0.1) is 0 Å². The summed E-state index contributed by atoms with van der Waals surface area (Å²) in [6.07, 6.45) is 4.00. The molecule has 1 fully saturated rings. The summed E-state index contributed by atoms with van der Waals surface area (Å²) in [5.74, 6) is 0.578. The van der Waals surface area contributed by atoms with E-state index in [0.29, 0.717) is 18.4 Å². The number of hydrogen-bond donors (Lipinski definition) is 1. The van der Waals surface area contributed by atoms with E-state index in [1.807, 2.05) is 0 Å². The minimum absolute atomic E-state index is 0.0846. The van der Waals surface area contributed by atoms with Gasteiger partial charge < -0.3 is 10.1 Å². The Morgan fingerprint density at radius 1 is 1.54 bits per heavy atom. The lowest BCUT2D eigenvalue weighted by Crippen LogP contribution is -2.36. The number of ether oxygens (including phenoxy) is 1. The molecule has 0 saturated carbocycles. The van der Waals surface area contributed by atoms with Gasteiger partial charge >= 0.3 is 5.97 Å². The van der Waals surface area contributed by atoms with Gasteiger partial charge in [-0.1, -0.05) is 0 Å². The zero-order chi connectivity index (χ0) is 9.68. The van der Waals surface area contributed by atoms with Crippen molar-refractivity contribution in [1.82, 2.24) is 5.32 Å². The fourth-order valence-corrected chi connectivity index (χ4v) is 1.73. The van der Waals surface area contributed by atoms with Gasteiger partial charge in [0.1, 0.15) is 0 Å². The van der Waals surface area contributed by atoms with Crippen molar-refractivity contribution in [3.05, 3.63) is 0 Å². The summed E-state index contributed by atoms with van der Waals surface area (Å²) in [6.45, 7) is 3.26. The van der Waals surface area contributed by atoms with Gasteiger partial charge in [0.25, 0.3) is 0 Å². The quantitative estimate of drug-likeness (QED) is 0.674. The zero-order valence-electron chi connectivity index (χ0n) is 8.51. The van der Waals surface area contributed by atoms with E-state index in [-0.39, 0.29) is 5.97 Å². The average Bonchev–Trinajstić information content (AvgIpc) is 2.16. The molecular weight excluding hydrogens is 166 g/mol. The number of nitrogens with one attached hydrogen (secondary N) is 1. The van der Waals surface area contributed by atoms with Gasteiger partial charge in [0, 0.05) is 12.5 Å². The van der Waals surface area contributed by atoms with Crippen LogP contribution in [0.25, 0.3) is 0 Å². The molecule has 0 aliphatic carbocycles. The van der Waals surface area contributed by atoms with Crippen molar-refractivity contribution in [2.75, 3.05) is 13.7 Å². The third kappa shape index (κ3) is 3.77. The molecule has 3 nitrogen and oxygen atoms in total. The van der Waals surface area contributed by atoms with E-state index in [1.54, 1.807) is 0 Å². The van der Waals surface area contributed by atoms with Crippen LogP contribution in [0.4, 0.5) is 0 Å². The number of rotatable bonds is 3. The highest BCUT2D eigenvalue weighted by atomic mass is 16.5. The van der Waals surface area contributed by atoms with Crippen molar-refractivity contribution in [2.45, 2.75) is 38.6 Å². The second-order valence-electron chi connectivity index (χ2n) is 3.87. The smallest absolute Gasteiger partial charge is 0.305 e. The number of carbonyl (C=O) groups excluding carboxylic acids is 1. The minimum Gasteiger partial charge on any atom is -0.469 e. The number of methoxy groups -OCH3 is 1. The van der Waals surface area contributed by atoms with E-state index in [0.717, 1.165) is 13.0 Å². The van der Waals surface area contributed by atoms with Crippen LogP contribution in [0.2, 0.25) is 0 Å². The maximum atomic E-state index is 10.9. The van der Waals surface area contributed by atoms with Crippen molar-refractivity contribution in [3.63, 3.8) is 0 Å². The molecule has 0 bridgehead atoms. The van der Waals surface area contributed by atoms with Crippen LogP contribution in [0.3, 0.4) is 0 Å². The van der Waals surface area contributed by atoms with Gasteiger partial charge in [0.2, 0.25) is 0 Å². The molecule has 1 N–H and O–H groups in total. The van der Waals surface area contributed by atoms with Gasteiger partial charge in [0.15, 0.2) is 0 Å². The highest BCUT2D eigenvalue weighted by Crippen LogP contribution is 2.18. The normalized spacial score (nSPS) is 28.5. The Hall–Kier alpha value is -0.570. The maximum absolute atomic E-state index is 10.9. The second kappa shape index (κ2) is 5.22. The Bertz CT molecular complexity index is 162. The van der Waals surface area contributed by atoms with Gasteiger partial charge in [-0.05, 0) is 38.6 Å². The number of esters is 1. The van der Waals surface area contributed by atoms with E-state index in [9.17, 15) is 4.79 Å². The van der Waals surface area contributed by atoms with Gasteiger partial charge in [0.05, 0.1) is 7.11 Å². The molecule has 76 valence electrons. The van der Waals surface area contributed by atoms with Crippen LogP contribution in [-0.2, 0) is 9.53 Å². The predicted molar refractivity (Wildman–Crippen MR) is 51.4 cm³/mol. The molecule has 0 radical (unpaired) electrons. The fraction of sp³-hybridized carbons (Fsp3) is 0.900. The predicted octanol–water partition coefficient (Wildman–Crippen LogP) is 1.33. The Morgan fingerprint density at radius 3 is 2.85 bits per heavy atom. The molecule has 0 aromatic rings. The number of piperidine rings is 1. The topological polar surface area (TPSA) is 38.3 Å². The number of carbonyl (C=O) groups is 1. The van der Waals surface area contributed by atoms with Crippen LogP contribution in [0.5, 0.6) is 0 Å². The number of hydrogen-bond acceptors (Lipinski definition) is 3. The van der Waals surface area contributed by atoms with E-state index in [2.05, 4.69) is 17.0 Å². The summed E-state index contributed by atoms with van der Waals surface area (Å²) in [4.78, 5) is 10.9. The van der Waals surface area contributed by atoms with Crippen LogP contribution in [-0.4, -0.2) is 25.7 Å². The van der Waals surface area contributed by atoms with Crippen molar-refractivity contribution in [1.29, 1.82) is 0 Å². The molecule has 0 spiro atoms. The third-order valence-electron chi connectivity index (χ3n) is 2.75. The van der Waals surface area contributed by atoms with Crippen molar-refractivity contribution < 1.29 is 9.53 Å². The molecule has 1 aliphatic heterocycles. The highest BCUT2D eigenvalue weighted by Gasteiger charge is 2.18. The van der Waals surface area contributed by atoms with Crippen LogP contribution in [0.15, 0.2) is 0 Å². The zero-order valence-corrected chi connectivity index (χ0v) is 8.51. The first-order valence-corrected chi connectivity index (χ1v) is 5.02. The molecule has 3 heteroatoms. The monoisotopic (exact) mass is 185 g/mol. The lowest BCUT2D eigenvalue weighted by Gasteiger charge is -2.27. The van der Waals surface area contributed by atoms with Crippen LogP contribution in [0.1, 0.15) is 32.6 Å². The lowest BCUT2D eigenvalue weighted by molar-refractivity contribution is -0.141. The Labute approximate surface area is 79.8 Å². The summed E-state index contributed by atoms with van der Waals surface area (Å²) >= 11 is 0. The van der Waals surface area contributed by atoms with Gasteiger partial charge in [-0.3, -0.25) is 4.79 Å². The molecule has 0 unspecified atom stereocenters. The summed E-state index contributed by atoms with van der Waals surface area (Å²) in [7, 11) is 1.45. The van der Waals surface area contributed by atoms with E-state index >= 15 is 0 Å². The second-order valence-corrected chi connectivity index (χ2v) is 3.87. The summed E-state index contributed by atoms with van der Waals surface area (Å²) in [5.41, 5.74) is 0. The molecule has 0 amide bonds. The first-order chi connectivity index (χ1) is 6.22. The Balaban J connectivity index is 2.12. The van der Waals surface area contributed by atoms with E-state index in [1.165, 1.54) is 20.0 Å². The molecule has 1 heterocycles. The van der Waals surface area contributed by atoms with Gasteiger partial charge in [-0.25, -0.2) is 0 Å². The van der Waals surface area contributed by atoms with E-state index < -0.39 is 0 Å². The van der Waals surface area contributed by atoms with Crippen LogP contribution in [0, 0.1) is 5.92 Å². The Kier molecular flexibility index (Phi) is 4.22. The molecule has 0 aromatic carbocycles. The Morgan fingerprint density at radius 2 is 2.31 bits per heavy atom.